The van der Waals surface area contributed by atoms with Crippen molar-refractivity contribution in [3.8, 4) is 23.0 Å². The van der Waals surface area contributed by atoms with E-state index in [1.807, 2.05) is 13.8 Å². The third-order valence-electron chi connectivity index (χ3n) is 11.4. The van der Waals surface area contributed by atoms with Gasteiger partial charge in [-0.15, -0.1) is 15.3 Å². The Morgan fingerprint density at radius 2 is 1.04 bits per heavy atom. The number of phenolic OH excluding ortho intramolecular Hbond substituents is 1. The van der Waals surface area contributed by atoms with E-state index >= 15 is 0 Å². The van der Waals surface area contributed by atoms with E-state index in [-0.39, 0.29) is 98.5 Å². The van der Waals surface area contributed by atoms with E-state index in [4.69, 9.17) is 32.7 Å². The minimum atomic E-state index is -4.70. The molecule has 77 heavy (non-hydrogen) atoms. The van der Waals surface area contributed by atoms with Gasteiger partial charge in [-0.3, -0.25) is 18.9 Å². The number of fused-ring (bicyclic) bond motifs is 2. The predicted octanol–water partition coefficient (Wildman–Crippen LogP) is 12.3. The van der Waals surface area contributed by atoms with Crippen LogP contribution in [0.5, 0.6) is 23.0 Å². The fourth-order valence-electron chi connectivity index (χ4n) is 7.72. The normalized spacial score (nSPS) is 11.9. The largest absolute Gasteiger partial charge is 2.00 e. The van der Waals surface area contributed by atoms with Crippen LogP contribution in [0.1, 0.15) is 54.7 Å². The van der Waals surface area contributed by atoms with Crippen LogP contribution in [-0.2, 0) is 33.1 Å². The standard InChI is InChI=1S/2C27H24ClN3O6S.Ba/c2*1-3-16-13-14-22(38(34,35)36)25(23(16)28)31-30-24-18-10-6-5-9-17(18)15-19(26(24)32)27(33)29-20-11-7-8-12-21(20)37-4-2;/h2*5-15,32H,3-4H2,1-2H3,(H,29,33)(H,34,35,36);/q;;+2/p-2. The van der Waals surface area contributed by atoms with E-state index in [2.05, 4.69) is 30.8 Å². The van der Waals surface area contributed by atoms with Crippen LogP contribution in [-0.4, -0.2) is 105 Å². The number of aliphatic imine (C=N–C) groups is 1. The molecule has 8 aromatic rings. The molecule has 0 saturated carbocycles. The zero-order valence-electron chi connectivity index (χ0n) is 41.6. The summed E-state index contributed by atoms with van der Waals surface area (Å²) >= 11 is 12.8. The maximum Gasteiger partial charge on any atom is 2.00 e. The molecule has 0 aliphatic heterocycles. The van der Waals surface area contributed by atoms with Gasteiger partial charge in [0.25, 0.3) is 26.1 Å². The molecule has 0 atom stereocenters. The Morgan fingerprint density at radius 3 is 1.57 bits per heavy atom. The molecule has 392 valence electrons. The first-order valence-corrected chi connectivity index (χ1v) is 26.8. The summed E-state index contributed by atoms with van der Waals surface area (Å²) in [6.07, 6.45) is 0.928. The molecular weight excluding hydrogens is 1200 g/mol. The maximum absolute atomic E-state index is 13.5. The smallest absolute Gasteiger partial charge is 0.871 e. The first-order chi connectivity index (χ1) is 36.3. The van der Waals surface area contributed by atoms with Crippen molar-refractivity contribution in [3.05, 3.63) is 166 Å². The van der Waals surface area contributed by atoms with E-state index in [1.165, 1.54) is 36.4 Å². The van der Waals surface area contributed by atoms with Crippen molar-refractivity contribution in [2.24, 2.45) is 25.4 Å². The SMILES string of the molecule is CCOc1ccccc1N=C([O-])c1cc2ccccc2c(N=Nc2c(S(=O)(=O)O)ccc(CC)c2Cl)c1[O-].CCOc1ccccc1NC(=O)c1cc2ccccc2c(N=Nc2c(S(=O)(=O)O)ccc(CC)c2Cl)c1O.[Ba+2]. The molecule has 4 N–H and O–H groups in total. The van der Waals surface area contributed by atoms with E-state index in [0.29, 0.717) is 75.9 Å². The number of halogens is 2. The summed E-state index contributed by atoms with van der Waals surface area (Å²) in [4.78, 5) is 16.2. The molecule has 18 nitrogen and oxygen atoms in total. The van der Waals surface area contributed by atoms with Gasteiger partial charge >= 0.3 is 48.9 Å². The number of phenols is 1. The molecule has 0 radical (unpaired) electrons. The van der Waals surface area contributed by atoms with Crippen LogP contribution in [0.15, 0.2) is 169 Å². The van der Waals surface area contributed by atoms with Gasteiger partial charge in [0.1, 0.15) is 44.0 Å². The van der Waals surface area contributed by atoms with Crippen LogP contribution in [0.2, 0.25) is 10.0 Å². The maximum atomic E-state index is 13.5. The molecule has 8 aromatic carbocycles. The quantitative estimate of drug-likeness (QED) is 0.0231. The molecule has 0 heterocycles. The van der Waals surface area contributed by atoms with E-state index in [1.54, 1.807) is 111 Å². The van der Waals surface area contributed by atoms with Crippen molar-refractivity contribution in [2.75, 3.05) is 18.5 Å². The number of carbonyl (C=O) groups is 1. The fraction of sp³-hybridized carbons (Fsp3) is 0.148. The van der Waals surface area contributed by atoms with E-state index < -0.39 is 53.3 Å². The summed E-state index contributed by atoms with van der Waals surface area (Å²) in [5, 5.41) is 58.6. The number of ether oxygens (including phenoxy) is 2. The topological polar surface area (TPSA) is 284 Å². The molecule has 0 fully saturated rings. The van der Waals surface area contributed by atoms with Crippen molar-refractivity contribution in [1.82, 2.24) is 0 Å². The average Bonchev–Trinajstić information content (AvgIpc) is 3.40. The number of nitrogens with one attached hydrogen (secondary N) is 1. The van der Waals surface area contributed by atoms with Crippen molar-refractivity contribution < 1.29 is 55.5 Å². The zero-order valence-corrected chi connectivity index (χ0v) is 49.1. The summed E-state index contributed by atoms with van der Waals surface area (Å²) in [6.45, 7) is 8.00. The number of amides is 1. The molecule has 8 rings (SSSR count). The fourth-order valence-corrected chi connectivity index (χ4v) is 9.76. The summed E-state index contributed by atoms with van der Waals surface area (Å²) in [6, 6.07) is 35.4. The second kappa shape index (κ2) is 26.3. The number of carbonyl (C=O) groups excluding carboxylic acids is 1. The van der Waals surface area contributed by atoms with Gasteiger partial charge < -0.3 is 30.1 Å². The van der Waals surface area contributed by atoms with Crippen molar-refractivity contribution in [1.29, 1.82) is 0 Å². The first-order valence-electron chi connectivity index (χ1n) is 23.2. The molecule has 0 aliphatic rings. The van der Waals surface area contributed by atoms with Gasteiger partial charge in [-0.2, -0.15) is 21.9 Å². The van der Waals surface area contributed by atoms with Crippen LogP contribution in [0, 0.1) is 0 Å². The number of hydrogen-bond acceptors (Lipinski definition) is 15. The van der Waals surface area contributed by atoms with Crippen LogP contribution >= 0.6 is 23.2 Å². The average molecular weight is 1240 g/mol. The van der Waals surface area contributed by atoms with Gasteiger partial charge in [0.15, 0.2) is 5.75 Å². The predicted molar refractivity (Wildman–Crippen MR) is 294 cm³/mol. The van der Waals surface area contributed by atoms with Gasteiger partial charge in [0, 0.05) is 10.8 Å². The number of hydrogen-bond donors (Lipinski definition) is 4. The van der Waals surface area contributed by atoms with Crippen LogP contribution in [0.4, 0.5) is 34.1 Å². The Kier molecular flexibility index (Phi) is 20.4. The Morgan fingerprint density at radius 1 is 0.597 bits per heavy atom. The molecule has 0 aliphatic carbocycles. The molecule has 0 bridgehead atoms. The summed E-state index contributed by atoms with van der Waals surface area (Å²) < 4.78 is 78.3. The third kappa shape index (κ3) is 13.8. The van der Waals surface area contributed by atoms with Gasteiger partial charge in [0.05, 0.1) is 40.2 Å². The third-order valence-corrected chi connectivity index (χ3v) is 14.0. The summed E-state index contributed by atoms with van der Waals surface area (Å²) in [5.74, 6) is -1.82. The second-order valence-corrected chi connectivity index (χ2v) is 19.7. The van der Waals surface area contributed by atoms with E-state index in [9.17, 15) is 46.1 Å². The zero-order chi connectivity index (χ0) is 54.9. The number of para-hydroxylation sites is 4. The molecule has 0 saturated heterocycles. The van der Waals surface area contributed by atoms with Crippen LogP contribution in [0.3, 0.4) is 0 Å². The summed E-state index contributed by atoms with van der Waals surface area (Å²) in [7, 11) is -9.38. The molecule has 0 spiro atoms. The summed E-state index contributed by atoms with van der Waals surface area (Å²) in [5.41, 5.74) is 0.594. The number of nitrogens with zero attached hydrogens (tertiary/aromatic N) is 5. The number of anilines is 1. The van der Waals surface area contributed by atoms with Crippen molar-refractivity contribution in [3.63, 3.8) is 0 Å². The minimum Gasteiger partial charge on any atom is -0.871 e. The molecule has 0 unspecified atom stereocenters. The number of azo groups is 2. The Labute approximate surface area is 493 Å². The molecular formula is C54H46BaCl2N6O12S2. The van der Waals surface area contributed by atoms with Crippen LogP contribution < -0.4 is 25.0 Å². The van der Waals surface area contributed by atoms with Gasteiger partial charge in [0.2, 0.25) is 0 Å². The first kappa shape index (κ1) is 59.8. The Bertz CT molecular complexity index is 3860. The van der Waals surface area contributed by atoms with Crippen LogP contribution in [0.25, 0.3) is 21.5 Å². The van der Waals surface area contributed by atoms with Crippen molar-refractivity contribution >= 4 is 160 Å². The van der Waals surface area contributed by atoms with Gasteiger partial charge in [-0.1, -0.05) is 128 Å². The minimum absolute atomic E-state index is 0. The molecule has 1 amide bonds. The molecule has 0 aromatic heterocycles. The monoisotopic (exact) mass is 1240 g/mol. The molecule has 23 heteroatoms. The number of aromatic hydroxyl groups is 1. The number of aryl methyl sites for hydroxylation is 2. The Balaban J connectivity index is 0.000000246. The Hall–Kier alpha value is -6.41. The number of benzene rings is 8. The van der Waals surface area contributed by atoms with Gasteiger partial charge in [-0.05, 0) is 109 Å². The van der Waals surface area contributed by atoms with Gasteiger partial charge in [-0.25, -0.2) is 0 Å². The number of rotatable bonds is 16. The second-order valence-electron chi connectivity index (χ2n) is 16.2. The van der Waals surface area contributed by atoms with Crippen molar-refractivity contribution in [2.45, 2.75) is 50.3 Å². The van der Waals surface area contributed by atoms with E-state index in [0.717, 1.165) is 0 Å².